The van der Waals surface area contributed by atoms with Crippen LogP contribution in [0.3, 0.4) is 0 Å². The van der Waals surface area contributed by atoms with Crippen LogP contribution in [0.5, 0.6) is 0 Å². The summed E-state index contributed by atoms with van der Waals surface area (Å²) in [6, 6.07) is 0.163. The standard InChI is InChI=1S/C16H24N2O/c1-5-10-18-14-9-7-6-8-13(14)12(4)15(18)16(19)17-11(2)3/h5,11H,1,6-10H2,2-4H3,(H,17,19). The fraction of sp³-hybridized carbons (Fsp3) is 0.562. The summed E-state index contributed by atoms with van der Waals surface area (Å²) in [5.74, 6) is 0.0451. The lowest BCUT2D eigenvalue weighted by Crippen LogP contribution is -2.32. The van der Waals surface area contributed by atoms with E-state index in [9.17, 15) is 4.79 Å². The number of hydrogen-bond acceptors (Lipinski definition) is 1. The van der Waals surface area contributed by atoms with Crippen LogP contribution in [0.2, 0.25) is 0 Å². The molecule has 0 bridgehead atoms. The van der Waals surface area contributed by atoms with E-state index in [1.165, 1.54) is 24.1 Å². The Morgan fingerprint density at radius 3 is 2.74 bits per heavy atom. The van der Waals surface area contributed by atoms with Crippen LogP contribution in [0.4, 0.5) is 0 Å². The van der Waals surface area contributed by atoms with Gasteiger partial charge in [-0.25, -0.2) is 0 Å². The third-order valence-corrected chi connectivity index (χ3v) is 3.79. The quantitative estimate of drug-likeness (QED) is 0.830. The highest BCUT2D eigenvalue weighted by molar-refractivity contribution is 5.95. The minimum atomic E-state index is 0.0451. The van der Waals surface area contributed by atoms with Gasteiger partial charge in [0.1, 0.15) is 5.69 Å². The molecule has 104 valence electrons. The molecule has 1 amide bonds. The smallest absolute Gasteiger partial charge is 0.268 e. The molecular formula is C16H24N2O. The number of nitrogens with one attached hydrogen (secondary N) is 1. The number of nitrogens with zero attached hydrogens (tertiary/aromatic N) is 1. The zero-order chi connectivity index (χ0) is 14.0. The first kappa shape index (κ1) is 13.9. The van der Waals surface area contributed by atoms with Gasteiger partial charge in [-0.1, -0.05) is 6.08 Å². The lowest BCUT2D eigenvalue weighted by Gasteiger charge is -2.16. The molecule has 0 atom stereocenters. The average Bonchev–Trinajstić information content (AvgIpc) is 2.63. The molecule has 0 spiro atoms. The Labute approximate surface area is 115 Å². The second kappa shape index (κ2) is 5.64. The van der Waals surface area contributed by atoms with E-state index >= 15 is 0 Å². The molecule has 19 heavy (non-hydrogen) atoms. The van der Waals surface area contributed by atoms with Crippen LogP contribution in [0.15, 0.2) is 12.7 Å². The van der Waals surface area contributed by atoms with Gasteiger partial charge in [0, 0.05) is 18.3 Å². The SMILES string of the molecule is C=CCn1c2c(c(C)c1C(=O)NC(C)C)CCCC2. The highest BCUT2D eigenvalue weighted by Gasteiger charge is 2.25. The van der Waals surface area contributed by atoms with Crippen LogP contribution in [-0.2, 0) is 19.4 Å². The highest BCUT2D eigenvalue weighted by Crippen LogP contribution is 2.29. The fourth-order valence-corrected chi connectivity index (χ4v) is 3.03. The third kappa shape index (κ3) is 2.60. The first-order chi connectivity index (χ1) is 9.06. The molecule has 0 saturated heterocycles. The second-order valence-electron chi connectivity index (χ2n) is 5.63. The highest BCUT2D eigenvalue weighted by atomic mass is 16.2. The van der Waals surface area contributed by atoms with Gasteiger partial charge < -0.3 is 9.88 Å². The minimum Gasteiger partial charge on any atom is -0.349 e. The molecule has 0 unspecified atom stereocenters. The maximum atomic E-state index is 12.4. The number of rotatable bonds is 4. The lowest BCUT2D eigenvalue weighted by molar-refractivity contribution is 0.0933. The third-order valence-electron chi connectivity index (χ3n) is 3.79. The van der Waals surface area contributed by atoms with E-state index < -0.39 is 0 Å². The molecule has 1 aliphatic carbocycles. The van der Waals surface area contributed by atoms with Gasteiger partial charge in [-0.2, -0.15) is 0 Å². The van der Waals surface area contributed by atoms with Crippen LogP contribution in [0, 0.1) is 6.92 Å². The van der Waals surface area contributed by atoms with Crippen molar-refractivity contribution in [1.29, 1.82) is 0 Å². The number of carbonyl (C=O) groups is 1. The first-order valence-electron chi connectivity index (χ1n) is 7.18. The van der Waals surface area contributed by atoms with Gasteiger partial charge in [0.05, 0.1) is 0 Å². The van der Waals surface area contributed by atoms with Crippen molar-refractivity contribution < 1.29 is 4.79 Å². The number of allylic oxidation sites excluding steroid dienone is 1. The van der Waals surface area contributed by atoms with Crippen molar-refractivity contribution in [1.82, 2.24) is 9.88 Å². The van der Waals surface area contributed by atoms with E-state index in [0.29, 0.717) is 0 Å². The Balaban J connectivity index is 2.48. The molecule has 3 nitrogen and oxygen atoms in total. The van der Waals surface area contributed by atoms with Gasteiger partial charge >= 0.3 is 0 Å². The zero-order valence-corrected chi connectivity index (χ0v) is 12.3. The van der Waals surface area contributed by atoms with Crippen molar-refractivity contribution in [2.75, 3.05) is 0 Å². The van der Waals surface area contributed by atoms with E-state index in [-0.39, 0.29) is 11.9 Å². The summed E-state index contributed by atoms with van der Waals surface area (Å²) in [6.07, 6.45) is 6.52. The Kier molecular flexibility index (Phi) is 4.13. The summed E-state index contributed by atoms with van der Waals surface area (Å²) in [5, 5.41) is 3.01. The van der Waals surface area contributed by atoms with Crippen LogP contribution >= 0.6 is 0 Å². The van der Waals surface area contributed by atoms with E-state index in [4.69, 9.17) is 0 Å². The van der Waals surface area contributed by atoms with Crippen LogP contribution in [-0.4, -0.2) is 16.5 Å². The number of carbonyl (C=O) groups excluding carboxylic acids is 1. The molecule has 1 heterocycles. The zero-order valence-electron chi connectivity index (χ0n) is 12.3. The molecule has 0 radical (unpaired) electrons. The molecule has 1 aromatic rings. The van der Waals surface area contributed by atoms with Crippen molar-refractivity contribution in [3.8, 4) is 0 Å². The summed E-state index contributed by atoms with van der Waals surface area (Å²) >= 11 is 0. The van der Waals surface area contributed by atoms with Gasteiger partial charge in [-0.15, -0.1) is 6.58 Å². The van der Waals surface area contributed by atoms with Crippen molar-refractivity contribution >= 4 is 5.91 Å². The van der Waals surface area contributed by atoms with Crippen molar-refractivity contribution in [2.24, 2.45) is 0 Å². The number of aromatic nitrogens is 1. The Morgan fingerprint density at radius 2 is 2.11 bits per heavy atom. The van der Waals surface area contributed by atoms with Gasteiger partial charge in [-0.05, 0) is 57.6 Å². The number of fused-ring (bicyclic) bond motifs is 1. The molecular weight excluding hydrogens is 236 g/mol. The Morgan fingerprint density at radius 1 is 1.42 bits per heavy atom. The van der Waals surface area contributed by atoms with E-state index in [1.54, 1.807) is 0 Å². The van der Waals surface area contributed by atoms with Gasteiger partial charge in [-0.3, -0.25) is 4.79 Å². The summed E-state index contributed by atoms with van der Waals surface area (Å²) in [6.45, 7) is 10.6. The van der Waals surface area contributed by atoms with Crippen LogP contribution in [0.1, 0.15) is 54.0 Å². The summed E-state index contributed by atoms with van der Waals surface area (Å²) < 4.78 is 2.16. The normalized spacial score (nSPS) is 14.3. The molecule has 0 aliphatic heterocycles. The molecule has 1 N–H and O–H groups in total. The molecule has 0 aromatic carbocycles. The summed E-state index contributed by atoms with van der Waals surface area (Å²) in [4.78, 5) is 12.4. The summed E-state index contributed by atoms with van der Waals surface area (Å²) in [7, 11) is 0. The molecule has 1 aromatic heterocycles. The monoisotopic (exact) mass is 260 g/mol. The lowest BCUT2D eigenvalue weighted by atomic mass is 9.95. The largest absolute Gasteiger partial charge is 0.349 e. The minimum absolute atomic E-state index is 0.0451. The first-order valence-corrected chi connectivity index (χ1v) is 7.18. The Hall–Kier alpha value is -1.51. The van der Waals surface area contributed by atoms with Crippen molar-refractivity contribution in [2.45, 2.75) is 59.0 Å². The molecule has 0 saturated carbocycles. The maximum Gasteiger partial charge on any atom is 0.268 e. The van der Waals surface area contributed by atoms with E-state index in [2.05, 4.69) is 23.4 Å². The molecule has 0 fully saturated rings. The molecule has 2 rings (SSSR count). The van der Waals surface area contributed by atoms with E-state index in [1.807, 2.05) is 19.9 Å². The predicted octanol–water partition coefficient (Wildman–Crippen LogP) is 3.00. The number of amides is 1. The topological polar surface area (TPSA) is 34.0 Å². The van der Waals surface area contributed by atoms with Gasteiger partial charge in [0.15, 0.2) is 0 Å². The van der Waals surface area contributed by atoms with Gasteiger partial charge in [0.2, 0.25) is 0 Å². The Bertz CT molecular complexity index is 497. The summed E-state index contributed by atoms with van der Waals surface area (Å²) in [5.41, 5.74) is 4.73. The van der Waals surface area contributed by atoms with Crippen molar-refractivity contribution in [3.63, 3.8) is 0 Å². The fourth-order valence-electron chi connectivity index (χ4n) is 3.03. The molecule has 3 heteroatoms. The molecule has 1 aliphatic rings. The maximum absolute atomic E-state index is 12.4. The van der Waals surface area contributed by atoms with E-state index in [0.717, 1.165) is 30.6 Å². The second-order valence-corrected chi connectivity index (χ2v) is 5.63. The number of hydrogen-bond donors (Lipinski definition) is 1. The van der Waals surface area contributed by atoms with Crippen LogP contribution < -0.4 is 5.32 Å². The van der Waals surface area contributed by atoms with Gasteiger partial charge in [0.25, 0.3) is 5.91 Å². The predicted molar refractivity (Wildman–Crippen MR) is 78.6 cm³/mol. The van der Waals surface area contributed by atoms with Crippen molar-refractivity contribution in [3.05, 3.63) is 35.2 Å². The average molecular weight is 260 g/mol. The van der Waals surface area contributed by atoms with Crippen LogP contribution in [0.25, 0.3) is 0 Å².